The highest BCUT2D eigenvalue weighted by Crippen LogP contribution is 2.33. The number of nitrogens with zero attached hydrogens (tertiary/aromatic N) is 2. The lowest BCUT2D eigenvalue weighted by atomic mass is 9.94. The van der Waals surface area contributed by atoms with Crippen molar-refractivity contribution in [2.75, 3.05) is 10.6 Å². The molecule has 0 saturated carbocycles. The molecular weight excluding hydrogens is 262 g/mol. The number of hydrogen-bond acceptors (Lipinski definition) is 3. The smallest absolute Gasteiger partial charge is 0.232 e. The second-order valence-corrected chi connectivity index (χ2v) is 6.83. The molecule has 1 heterocycles. The number of rotatable bonds is 2. The van der Waals surface area contributed by atoms with Crippen LogP contribution in [0, 0.1) is 0 Å². The first kappa shape index (κ1) is 13.9. The molecule has 0 spiro atoms. The summed E-state index contributed by atoms with van der Waals surface area (Å²) in [6.45, 7) is 3.59. The summed E-state index contributed by atoms with van der Waals surface area (Å²) in [4.78, 5) is 4.37. The van der Waals surface area contributed by atoms with Gasteiger partial charge in [-0.1, -0.05) is 18.2 Å². The van der Waals surface area contributed by atoms with Crippen molar-refractivity contribution < 1.29 is 8.42 Å². The molecule has 0 saturated heterocycles. The van der Waals surface area contributed by atoms with Gasteiger partial charge in [-0.3, -0.25) is 9.30 Å². The molecule has 0 fully saturated rings. The fourth-order valence-corrected chi connectivity index (χ4v) is 3.85. The van der Waals surface area contributed by atoms with Gasteiger partial charge in [0.05, 0.1) is 29.9 Å². The van der Waals surface area contributed by atoms with E-state index in [1.165, 1.54) is 10.6 Å². The van der Waals surface area contributed by atoms with Crippen molar-refractivity contribution in [1.29, 1.82) is 0 Å². The summed E-state index contributed by atoms with van der Waals surface area (Å²) in [5.41, 5.74) is 7.38. The number of anilines is 1. The molecule has 2 rings (SSSR count). The maximum absolute atomic E-state index is 12.0. The second kappa shape index (κ2) is 4.85. The summed E-state index contributed by atoms with van der Waals surface area (Å²) in [7, 11) is -3.33. The Labute approximate surface area is 114 Å². The van der Waals surface area contributed by atoms with E-state index in [9.17, 15) is 8.42 Å². The molecule has 1 aliphatic heterocycles. The van der Waals surface area contributed by atoms with Gasteiger partial charge in [-0.2, -0.15) is 0 Å². The Hall–Kier alpha value is -1.56. The third-order valence-electron chi connectivity index (χ3n) is 3.31. The van der Waals surface area contributed by atoms with E-state index in [4.69, 9.17) is 5.73 Å². The lowest BCUT2D eigenvalue weighted by molar-refractivity contribution is 0.519. The molecule has 0 aromatic heterocycles. The molecule has 0 aliphatic carbocycles. The minimum absolute atomic E-state index is 0.144. The summed E-state index contributed by atoms with van der Waals surface area (Å²) < 4.78 is 25.5. The van der Waals surface area contributed by atoms with E-state index in [1.807, 2.05) is 31.2 Å². The van der Waals surface area contributed by atoms with Crippen LogP contribution in [0.25, 0.3) is 0 Å². The lowest BCUT2D eigenvalue weighted by Crippen LogP contribution is -2.49. The van der Waals surface area contributed by atoms with E-state index in [1.54, 1.807) is 6.92 Å². The van der Waals surface area contributed by atoms with Crippen molar-refractivity contribution >= 4 is 21.5 Å². The number of amidine groups is 1. The monoisotopic (exact) mass is 281 g/mol. The van der Waals surface area contributed by atoms with Crippen LogP contribution in [-0.2, 0) is 16.4 Å². The first-order valence-corrected chi connectivity index (χ1v) is 8.02. The molecule has 2 atom stereocenters. The van der Waals surface area contributed by atoms with E-state index in [0.717, 1.165) is 11.3 Å². The minimum atomic E-state index is -3.33. The quantitative estimate of drug-likeness (QED) is 0.652. The van der Waals surface area contributed by atoms with Crippen LogP contribution in [0.5, 0.6) is 0 Å². The maximum atomic E-state index is 12.0. The van der Waals surface area contributed by atoms with Crippen LogP contribution < -0.4 is 10.0 Å². The highest BCUT2D eigenvalue weighted by molar-refractivity contribution is 7.92. The standard InChI is InChI=1S/C13H19N3O2S/c1-9-12(15-10(2)14)8-11-6-4-5-7-13(11)16(9)19(3,17)18/h4-7,9,12H,8H2,1-3H3,(H2,14,15)/t9-,12?/m0/s1. The van der Waals surface area contributed by atoms with Gasteiger partial charge in [0, 0.05) is 0 Å². The number of nitrogens with two attached hydrogens (primary N) is 1. The van der Waals surface area contributed by atoms with Crippen LogP contribution in [-0.4, -0.2) is 32.6 Å². The van der Waals surface area contributed by atoms with Crippen molar-refractivity contribution in [3.63, 3.8) is 0 Å². The predicted octanol–water partition coefficient (Wildman–Crippen LogP) is 1.14. The van der Waals surface area contributed by atoms with E-state index in [2.05, 4.69) is 4.99 Å². The Balaban J connectivity index is 2.55. The van der Waals surface area contributed by atoms with Gasteiger partial charge in [0.25, 0.3) is 0 Å². The topological polar surface area (TPSA) is 75.8 Å². The first-order valence-electron chi connectivity index (χ1n) is 6.18. The Morgan fingerprint density at radius 1 is 1.42 bits per heavy atom. The van der Waals surface area contributed by atoms with Gasteiger partial charge in [-0.15, -0.1) is 0 Å². The Morgan fingerprint density at radius 2 is 2.05 bits per heavy atom. The fourth-order valence-electron chi connectivity index (χ4n) is 2.57. The van der Waals surface area contributed by atoms with Gasteiger partial charge in [0.2, 0.25) is 10.0 Å². The van der Waals surface area contributed by atoms with Gasteiger partial charge < -0.3 is 5.73 Å². The van der Waals surface area contributed by atoms with Gasteiger partial charge >= 0.3 is 0 Å². The molecule has 0 radical (unpaired) electrons. The van der Waals surface area contributed by atoms with E-state index in [0.29, 0.717) is 12.3 Å². The lowest BCUT2D eigenvalue weighted by Gasteiger charge is -2.38. The third-order valence-corrected chi connectivity index (χ3v) is 4.56. The normalized spacial score (nSPS) is 24.2. The van der Waals surface area contributed by atoms with Crippen LogP contribution in [0.15, 0.2) is 29.3 Å². The Bertz CT molecular complexity index is 606. The first-order chi connectivity index (χ1) is 8.80. The van der Waals surface area contributed by atoms with E-state index < -0.39 is 10.0 Å². The summed E-state index contributed by atoms with van der Waals surface area (Å²) in [5, 5.41) is 0. The Kier molecular flexibility index (Phi) is 3.54. The van der Waals surface area contributed by atoms with Crippen molar-refractivity contribution in [3.8, 4) is 0 Å². The van der Waals surface area contributed by atoms with E-state index >= 15 is 0 Å². The molecule has 6 heteroatoms. The summed E-state index contributed by atoms with van der Waals surface area (Å²) in [5.74, 6) is 0.477. The molecule has 19 heavy (non-hydrogen) atoms. The summed E-state index contributed by atoms with van der Waals surface area (Å²) in [6, 6.07) is 7.15. The fraction of sp³-hybridized carbons (Fsp3) is 0.462. The predicted molar refractivity (Wildman–Crippen MR) is 78.0 cm³/mol. The number of fused-ring (bicyclic) bond motifs is 1. The van der Waals surface area contributed by atoms with Gasteiger partial charge in [0.1, 0.15) is 0 Å². The minimum Gasteiger partial charge on any atom is -0.388 e. The molecule has 0 bridgehead atoms. The van der Waals surface area contributed by atoms with Crippen molar-refractivity contribution in [2.45, 2.75) is 32.4 Å². The number of benzene rings is 1. The van der Waals surface area contributed by atoms with Crippen LogP contribution in [0.3, 0.4) is 0 Å². The van der Waals surface area contributed by atoms with Gasteiger partial charge in [-0.25, -0.2) is 8.42 Å². The third kappa shape index (κ3) is 2.73. The SMILES string of the molecule is CC(N)=NC1Cc2ccccc2N(S(C)(=O)=O)[C@H]1C. The number of para-hydroxylation sites is 1. The van der Waals surface area contributed by atoms with Crippen LogP contribution >= 0.6 is 0 Å². The zero-order valence-electron chi connectivity index (χ0n) is 11.4. The molecule has 1 aromatic rings. The number of aliphatic imine (C=N–C) groups is 1. The maximum Gasteiger partial charge on any atom is 0.232 e. The molecule has 104 valence electrons. The van der Waals surface area contributed by atoms with Gasteiger partial charge in [0.15, 0.2) is 0 Å². The molecule has 0 amide bonds. The molecule has 1 aliphatic rings. The highest BCUT2D eigenvalue weighted by Gasteiger charge is 2.35. The van der Waals surface area contributed by atoms with Gasteiger partial charge in [-0.05, 0) is 31.9 Å². The summed E-state index contributed by atoms with van der Waals surface area (Å²) >= 11 is 0. The van der Waals surface area contributed by atoms with Crippen LogP contribution in [0.1, 0.15) is 19.4 Å². The largest absolute Gasteiger partial charge is 0.388 e. The van der Waals surface area contributed by atoms with Crippen molar-refractivity contribution in [2.24, 2.45) is 10.7 Å². The molecule has 2 N–H and O–H groups in total. The molecule has 5 nitrogen and oxygen atoms in total. The van der Waals surface area contributed by atoms with Crippen molar-refractivity contribution in [3.05, 3.63) is 29.8 Å². The zero-order chi connectivity index (χ0) is 14.2. The second-order valence-electron chi connectivity index (χ2n) is 4.97. The zero-order valence-corrected chi connectivity index (χ0v) is 12.2. The highest BCUT2D eigenvalue weighted by atomic mass is 32.2. The van der Waals surface area contributed by atoms with Crippen LogP contribution in [0.4, 0.5) is 5.69 Å². The number of sulfonamides is 1. The molecular formula is C13H19N3O2S. The summed E-state index contributed by atoms with van der Waals surface area (Å²) in [6.07, 6.45) is 1.93. The average Bonchev–Trinajstić information content (AvgIpc) is 2.27. The molecule has 1 unspecified atom stereocenters. The van der Waals surface area contributed by atoms with Crippen molar-refractivity contribution in [1.82, 2.24) is 0 Å². The molecule has 1 aromatic carbocycles. The van der Waals surface area contributed by atoms with Crippen LogP contribution in [0.2, 0.25) is 0 Å². The van der Waals surface area contributed by atoms with E-state index in [-0.39, 0.29) is 12.1 Å². The Morgan fingerprint density at radius 3 is 2.63 bits per heavy atom. The average molecular weight is 281 g/mol. The number of hydrogen-bond donors (Lipinski definition) is 1.